The molecule has 8 heteroatoms. The Hall–Kier alpha value is -2.74. The number of methoxy groups -OCH3 is 1. The summed E-state index contributed by atoms with van der Waals surface area (Å²) < 4.78 is 6.24. The molecule has 0 aromatic heterocycles. The number of urea groups is 1. The van der Waals surface area contributed by atoms with Gasteiger partial charge < -0.3 is 25.6 Å². The standard InChI is InChI=1S/C22H27BrN4O3/c1-15-10-17(23)6-7-20(15)26-21(28)13-25-22(29)24-12-16-8-9-27(14-16)18-4-3-5-19(11-18)30-2/h3-7,10-11,16H,8-9,12-14H2,1-2H3,(H,26,28)(H2,24,25,29). The third-order valence-corrected chi connectivity index (χ3v) is 5.62. The Morgan fingerprint density at radius 3 is 2.80 bits per heavy atom. The summed E-state index contributed by atoms with van der Waals surface area (Å²) in [6.07, 6.45) is 1.00. The van der Waals surface area contributed by atoms with Crippen molar-refractivity contribution in [3.8, 4) is 5.75 Å². The van der Waals surface area contributed by atoms with Crippen molar-refractivity contribution < 1.29 is 14.3 Å². The molecule has 0 aliphatic carbocycles. The lowest BCUT2D eigenvalue weighted by Gasteiger charge is -2.19. The molecule has 0 bridgehead atoms. The molecule has 7 nitrogen and oxygen atoms in total. The van der Waals surface area contributed by atoms with Crippen LogP contribution in [0.4, 0.5) is 16.2 Å². The SMILES string of the molecule is COc1cccc(N2CCC(CNC(=O)NCC(=O)Nc3ccc(Br)cc3C)C2)c1. The van der Waals surface area contributed by atoms with Gasteiger partial charge in [0, 0.05) is 41.5 Å². The molecule has 2 aromatic rings. The summed E-state index contributed by atoms with van der Waals surface area (Å²) in [5, 5.41) is 8.29. The summed E-state index contributed by atoms with van der Waals surface area (Å²) in [7, 11) is 1.66. The predicted molar refractivity (Wildman–Crippen MR) is 122 cm³/mol. The fourth-order valence-corrected chi connectivity index (χ4v) is 3.94. The number of rotatable bonds is 7. The van der Waals surface area contributed by atoms with Gasteiger partial charge in [-0.15, -0.1) is 0 Å². The number of nitrogens with one attached hydrogen (secondary N) is 3. The summed E-state index contributed by atoms with van der Waals surface area (Å²) in [5.74, 6) is 0.937. The molecule has 3 amide bonds. The number of aryl methyl sites for hydroxylation is 1. The highest BCUT2D eigenvalue weighted by Gasteiger charge is 2.23. The molecular formula is C22H27BrN4O3. The Morgan fingerprint density at radius 2 is 2.03 bits per heavy atom. The summed E-state index contributed by atoms with van der Waals surface area (Å²) in [6.45, 7) is 4.21. The van der Waals surface area contributed by atoms with E-state index in [1.54, 1.807) is 7.11 Å². The zero-order chi connectivity index (χ0) is 21.5. The summed E-state index contributed by atoms with van der Waals surface area (Å²) in [5.41, 5.74) is 2.80. The van der Waals surface area contributed by atoms with E-state index in [-0.39, 0.29) is 18.5 Å². The van der Waals surface area contributed by atoms with Crippen LogP contribution in [0.15, 0.2) is 46.9 Å². The topological polar surface area (TPSA) is 82.7 Å². The number of amides is 3. The number of nitrogens with zero attached hydrogens (tertiary/aromatic N) is 1. The smallest absolute Gasteiger partial charge is 0.315 e. The number of halogens is 1. The van der Waals surface area contributed by atoms with E-state index in [9.17, 15) is 9.59 Å². The van der Waals surface area contributed by atoms with E-state index < -0.39 is 0 Å². The van der Waals surface area contributed by atoms with E-state index >= 15 is 0 Å². The average molecular weight is 475 g/mol. The van der Waals surface area contributed by atoms with E-state index in [1.165, 1.54) is 0 Å². The van der Waals surface area contributed by atoms with Crippen molar-refractivity contribution in [2.24, 2.45) is 5.92 Å². The first-order valence-electron chi connectivity index (χ1n) is 9.91. The van der Waals surface area contributed by atoms with Gasteiger partial charge in [0.25, 0.3) is 0 Å². The van der Waals surface area contributed by atoms with Gasteiger partial charge in [0.05, 0.1) is 13.7 Å². The van der Waals surface area contributed by atoms with Crippen LogP contribution in [-0.2, 0) is 4.79 Å². The van der Waals surface area contributed by atoms with Crippen LogP contribution in [0.5, 0.6) is 5.75 Å². The van der Waals surface area contributed by atoms with Gasteiger partial charge in [0.1, 0.15) is 5.75 Å². The molecule has 3 N–H and O–H groups in total. The van der Waals surface area contributed by atoms with Crippen LogP contribution in [0, 0.1) is 12.8 Å². The third-order valence-electron chi connectivity index (χ3n) is 5.13. The van der Waals surface area contributed by atoms with Gasteiger partial charge >= 0.3 is 6.03 Å². The number of hydrogen-bond acceptors (Lipinski definition) is 4. The molecule has 0 spiro atoms. The van der Waals surface area contributed by atoms with Gasteiger partial charge in [-0.3, -0.25) is 4.79 Å². The highest BCUT2D eigenvalue weighted by Crippen LogP contribution is 2.26. The van der Waals surface area contributed by atoms with Gasteiger partial charge in [-0.1, -0.05) is 22.0 Å². The summed E-state index contributed by atoms with van der Waals surface area (Å²) >= 11 is 3.39. The van der Waals surface area contributed by atoms with Crippen LogP contribution in [0.1, 0.15) is 12.0 Å². The minimum Gasteiger partial charge on any atom is -0.497 e. The van der Waals surface area contributed by atoms with Crippen LogP contribution >= 0.6 is 15.9 Å². The Bertz CT molecular complexity index is 906. The lowest BCUT2D eigenvalue weighted by Crippen LogP contribution is -2.42. The molecule has 1 fully saturated rings. The van der Waals surface area contributed by atoms with Crippen molar-refractivity contribution in [1.82, 2.24) is 10.6 Å². The van der Waals surface area contributed by atoms with Gasteiger partial charge in [-0.2, -0.15) is 0 Å². The predicted octanol–water partition coefficient (Wildman–Crippen LogP) is 3.53. The molecule has 0 saturated carbocycles. The molecule has 0 radical (unpaired) electrons. The van der Waals surface area contributed by atoms with E-state index in [0.717, 1.165) is 46.7 Å². The van der Waals surface area contributed by atoms with Crippen LogP contribution in [0.25, 0.3) is 0 Å². The van der Waals surface area contributed by atoms with Crippen molar-refractivity contribution >= 4 is 39.2 Å². The molecular weight excluding hydrogens is 448 g/mol. The number of hydrogen-bond donors (Lipinski definition) is 3. The monoisotopic (exact) mass is 474 g/mol. The number of anilines is 2. The van der Waals surface area contributed by atoms with Gasteiger partial charge in [0.15, 0.2) is 0 Å². The number of carbonyl (C=O) groups is 2. The Kier molecular flexibility index (Phi) is 7.57. The maximum Gasteiger partial charge on any atom is 0.315 e. The van der Waals surface area contributed by atoms with E-state index in [4.69, 9.17) is 4.74 Å². The lowest BCUT2D eigenvalue weighted by atomic mass is 10.1. The molecule has 3 rings (SSSR count). The molecule has 1 saturated heterocycles. The van der Waals surface area contributed by atoms with Gasteiger partial charge in [-0.25, -0.2) is 4.79 Å². The maximum atomic E-state index is 12.1. The molecule has 1 aliphatic rings. The van der Waals surface area contributed by atoms with Crippen molar-refractivity contribution in [2.45, 2.75) is 13.3 Å². The highest BCUT2D eigenvalue weighted by molar-refractivity contribution is 9.10. The number of ether oxygens (including phenoxy) is 1. The average Bonchev–Trinajstić information content (AvgIpc) is 3.22. The lowest BCUT2D eigenvalue weighted by molar-refractivity contribution is -0.115. The minimum atomic E-state index is -0.336. The van der Waals surface area contributed by atoms with Gasteiger partial charge in [0.2, 0.25) is 5.91 Å². The fraction of sp³-hybridized carbons (Fsp3) is 0.364. The largest absolute Gasteiger partial charge is 0.497 e. The second kappa shape index (κ2) is 10.3. The van der Waals surface area contributed by atoms with Gasteiger partial charge in [-0.05, 0) is 55.2 Å². The zero-order valence-electron chi connectivity index (χ0n) is 17.2. The quantitative estimate of drug-likeness (QED) is 0.573. The zero-order valence-corrected chi connectivity index (χ0v) is 18.8. The van der Waals surface area contributed by atoms with Crippen molar-refractivity contribution in [1.29, 1.82) is 0 Å². The fourth-order valence-electron chi connectivity index (χ4n) is 3.46. The molecule has 1 atom stereocenters. The Balaban J connectivity index is 1.38. The maximum absolute atomic E-state index is 12.1. The first-order chi connectivity index (χ1) is 14.4. The first-order valence-corrected chi connectivity index (χ1v) is 10.7. The normalized spacial score (nSPS) is 15.6. The molecule has 160 valence electrons. The van der Waals surface area contributed by atoms with Crippen LogP contribution in [0.2, 0.25) is 0 Å². The molecule has 2 aromatic carbocycles. The number of carbonyl (C=O) groups excluding carboxylic acids is 2. The third kappa shape index (κ3) is 6.13. The van der Waals surface area contributed by atoms with E-state index in [1.807, 2.05) is 43.3 Å². The number of benzene rings is 2. The van der Waals surface area contributed by atoms with Crippen molar-refractivity contribution in [3.05, 3.63) is 52.5 Å². The minimum absolute atomic E-state index is 0.0814. The van der Waals surface area contributed by atoms with E-state index in [2.05, 4.69) is 42.8 Å². The summed E-state index contributed by atoms with van der Waals surface area (Å²) in [4.78, 5) is 26.4. The molecule has 30 heavy (non-hydrogen) atoms. The Morgan fingerprint density at radius 1 is 1.20 bits per heavy atom. The molecule has 1 aliphatic heterocycles. The van der Waals surface area contributed by atoms with Crippen molar-refractivity contribution in [2.75, 3.05) is 43.5 Å². The molecule has 1 unspecified atom stereocenters. The second-order valence-electron chi connectivity index (χ2n) is 7.37. The van der Waals surface area contributed by atoms with Crippen LogP contribution in [-0.4, -0.2) is 45.2 Å². The second-order valence-corrected chi connectivity index (χ2v) is 8.29. The Labute approximate surface area is 185 Å². The van der Waals surface area contributed by atoms with Crippen LogP contribution in [0.3, 0.4) is 0 Å². The van der Waals surface area contributed by atoms with Crippen LogP contribution < -0.4 is 25.6 Å². The highest BCUT2D eigenvalue weighted by atomic mass is 79.9. The van der Waals surface area contributed by atoms with E-state index in [0.29, 0.717) is 12.5 Å². The summed E-state index contributed by atoms with van der Waals surface area (Å²) in [6, 6.07) is 13.3. The molecule has 1 heterocycles. The van der Waals surface area contributed by atoms with Crippen molar-refractivity contribution in [3.63, 3.8) is 0 Å². The first kappa shape index (κ1) is 22.0.